The van der Waals surface area contributed by atoms with E-state index < -0.39 is 13.9 Å². The molecule has 0 radical (unpaired) electrons. The quantitative estimate of drug-likeness (QED) is 0.336. The van der Waals surface area contributed by atoms with Crippen LogP contribution in [0.4, 0.5) is 0 Å². The van der Waals surface area contributed by atoms with Gasteiger partial charge < -0.3 is 14.3 Å². The van der Waals surface area contributed by atoms with Crippen molar-refractivity contribution >= 4 is 14.3 Å². The molecule has 4 rings (SSSR count). The summed E-state index contributed by atoms with van der Waals surface area (Å²) in [5, 5.41) is 12.7. The third-order valence-corrected chi connectivity index (χ3v) is 16.6. The van der Waals surface area contributed by atoms with E-state index in [1.54, 1.807) is 0 Å². The van der Waals surface area contributed by atoms with Crippen LogP contribution in [0.1, 0.15) is 106 Å². The second-order valence-corrected chi connectivity index (χ2v) is 19.4. The fourth-order valence-electron chi connectivity index (χ4n) is 9.05. The smallest absolute Gasteiger partial charge is 0.302 e. The molecule has 0 aromatic carbocycles. The summed E-state index contributed by atoms with van der Waals surface area (Å²) >= 11 is 0. The maximum atomic E-state index is 12.5. The summed E-state index contributed by atoms with van der Waals surface area (Å²) in [7, 11) is -1.85. The summed E-state index contributed by atoms with van der Waals surface area (Å²) in [5.74, 6) is 1.87. The molecule has 0 amide bonds. The molecule has 0 aromatic rings. The first-order valence-electron chi connectivity index (χ1n) is 14.1. The summed E-state index contributed by atoms with van der Waals surface area (Å²) in [6, 6.07) is 0. The van der Waals surface area contributed by atoms with Crippen LogP contribution in [0.5, 0.6) is 0 Å². The van der Waals surface area contributed by atoms with Crippen molar-refractivity contribution in [2.24, 2.45) is 34.5 Å². The van der Waals surface area contributed by atoms with Crippen molar-refractivity contribution in [2.75, 3.05) is 0 Å². The molecule has 0 aromatic heterocycles. The predicted molar refractivity (Wildman–Crippen MR) is 140 cm³/mol. The third kappa shape index (κ3) is 4.04. The number of aliphatic hydroxyl groups is 1. The normalized spacial score (nSPS) is 45.6. The van der Waals surface area contributed by atoms with E-state index in [0.29, 0.717) is 23.7 Å². The van der Waals surface area contributed by atoms with Crippen LogP contribution < -0.4 is 0 Å². The zero-order valence-corrected chi connectivity index (χ0v) is 24.5. The fraction of sp³-hybridized carbons (Fsp3) is 0.966. The van der Waals surface area contributed by atoms with Crippen molar-refractivity contribution in [2.45, 2.75) is 142 Å². The number of hydrogen-bond donors (Lipinski definition) is 1. The van der Waals surface area contributed by atoms with Gasteiger partial charge in [-0.05, 0) is 112 Å². The molecule has 0 saturated heterocycles. The Balaban J connectivity index is 1.53. The first-order chi connectivity index (χ1) is 15.6. The maximum absolute atomic E-state index is 12.5. The van der Waals surface area contributed by atoms with Gasteiger partial charge in [0.25, 0.3) is 0 Å². The minimum absolute atomic E-state index is 0.0614. The van der Waals surface area contributed by atoms with Crippen LogP contribution in [0.2, 0.25) is 18.1 Å². The van der Waals surface area contributed by atoms with Crippen molar-refractivity contribution in [3.05, 3.63) is 0 Å². The van der Waals surface area contributed by atoms with Crippen molar-refractivity contribution in [3.63, 3.8) is 0 Å². The van der Waals surface area contributed by atoms with Gasteiger partial charge in [0.15, 0.2) is 8.32 Å². The average molecular weight is 493 g/mol. The van der Waals surface area contributed by atoms with Gasteiger partial charge in [0.05, 0.1) is 5.60 Å². The Labute approximate surface area is 210 Å². The van der Waals surface area contributed by atoms with Crippen LogP contribution in [0.25, 0.3) is 0 Å². The average Bonchev–Trinajstić information content (AvgIpc) is 2.98. The molecule has 34 heavy (non-hydrogen) atoms. The predicted octanol–water partition coefficient (Wildman–Crippen LogP) is 7.10. The summed E-state index contributed by atoms with van der Waals surface area (Å²) < 4.78 is 12.5. The van der Waals surface area contributed by atoms with E-state index in [0.717, 1.165) is 51.4 Å². The van der Waals surface area contributed by atoms with Crippen LogP contribution in [0.15, 0.2) is 0 Å². The number of esters is 1. The molecule has 4 fully saturated rings. The third-order valence-electron chi connectivity index (χ3n) is 12.1. The Bertz CT molecular complexity index is 789. The minimum atomic E-state index is -1.85. The zero-order chi connectivity index (χ0) is 25.3. The highest BCUT2D eigenvalue weighted by molar-refractivity contribution is 6.74. The van der Waals surface area contributed by atoms with Crippen molar-refractivity contribution in [1.82, 2.24) is 0 Å². The lowest BCUT2D eigenvalue weighted by Crippen LogP contribution is -2.63. The Morgan fingerprint density at radius 2 is 1.68 bits per heavy atom. The van der Waals surface area contributed by atoms with Crippen molar-refractivity contribution in [3.8, 4) is 0 Å². The van der Waals surface area contributed by atoms with Crippen LogP contribution in [-0.4, -0.2) is 37.2 Å². The molecular weight excluding hydrogens is 440 g/mol. The largest absolute Gasteiger partial charge is 0.463 e. The molecule has 4 nitrogen and oxygen atoms in total. The Kier molecular flexibility index (Phi) is 6.73. The Morgan fingerprint density at radius 1 is 1.00 bits per heavy atom. The van der Waals surface area contributed by atoms with Gasteiger partial charge in [-0.3, -0.25) is 4.79 Å². The van der Waals surface area contributed by atoms with Gasteiger partial charge >= 0.3 is 5.97 Å². The molecule has 0 bridgehead atoms. The minimum Gasteiger partial charge on any atom is -0.463 e. The standard InChI is InChI=1S/C29H52O4Si/c1-19(33-34(8,9)26(3,4)5)23-14-17-29(31)25-11-10-21-18-22(32-20(2)30)12-15-27(21,6)24(25)13-16-28(23,29)7/h19,21-25,31H,10-18H2,1-9H3/t19-,21+,22-,23+,24-,25+,27-,28+,29-/m0/s1. The highest BCUT2D eigenvalue weighted by atomic mass is 28.4. The molecule has 1 N–H and O–H groups in total. The first kappa shape index (κ1) is 26.7. The van der Waals surface area contributed by atoms with E-state index in [9.17, 15) is 9.90 Å². The van der Waals surface area contributed by atoms with E-state index in [1.165, 1.54) is 13.3 Å². The van der Waals surface area contributed by atoms with Gasteiger partial charge in [-0.15, -0.1) is 0 Å². The second kappa shape index (κ2) is 8.58. The van der Waals surface area contributed by atoms with E-state index in [2.05, 4.69) is 54.6 Å². The van der Waals surface area contributed by atoms with Crippen LogP contribution in [-0.2, 0) is 14.0 Å². The molecule has 0 unspecified atom stereocenters. The highest BCUT2D eigenvalue weighted by Crippen LogP contribution is 2.69. The van der Waals surface area contributed by atoms with E-state index in [1.807, 2.05) is 0 Å². The molecule has 9 atom stereocenters. The molecule has 4 saturated carbocycles. The topological polar surface area (TPSA) is 55.8 Å². The van der Waals surface area contributed by atoms with Gasteiger partial charge in [0, 0.05) is 18.4 Å². The van der Waals surface area contributed by atoms with Gasteiger partial charge in [0.1, 0.15) is 6.10 Å². The van der Waals surface area contributed by atoms with E-state index >= 15 is 0 Å². The zero-order valence-electron chi connectivity index (χ0n) is 23.5. The SMILES string of the molecule is CC(=O)O[C@H]1CC[C@@]2(C)[C@H](CC[C@@H]3[C@@H]2CC[C@]2(C)[C@@H]([C@H](C)O[Si](C)(C)C(C)(C)C)CC[C@]32O)C1. The summed E-state index contributed by atoms with van der Waals surface area (Å²) in [5.41, 5.74) is -0.377. The Hall–Kier alpha value is -0.393. The Morgan fingerprint density at radius 3 is 2.29 bits per heavy atom. The number of ether oxygens (including phenoxy) is 1. The molecule has 0 spiro atoms. The molecule has 0 aliphatic heterocycles. The van der Waals surface area contributed by atoms with Crippen molar-refractivity contribution < 1.29 is 19.1 Å². The number of carbonyl (C=O) groups is 1. The number of fused-ring (bicyclic) bond motifs is 5. The van der Waals surface area contributed by atoms with Gasteiger partial charge in [-0.25, -0.2) is 0 Å². The first-order valence-corrected chi connectivity index (χ1v) is 17.0. The highest BCUT2D eigenvalue weighted by Gasteiger charge is 2.68. The lowest BCUT2D eigenvalue weighted by Gasteiger charge is -2.64. The fourth-order valence-corrected chi connectivity index (χ4v) is 10.5. The number of carbonyl (C=O) groups excluding carboxylic acids is 1. The summed E-state index contributed by atoms with van der Waals surface area (Å²) in [6.45, 7) is 20.4. The van der Waals surface area contributed by atoms with E-state index in [-0.39, 0.29) is 34.0 Å². The van der Waals surface area contributed by atoms with Crippen LogP contribution >= 0.6 is 0 Å². The van der Waals surface area contributed by atoms with E-state index in [4.69, 9.17) is 9.16 Å². The lowest BCUT2D eigenvalue weighted by molar-refractivity contribution is -0.216. The molecule has 4 aliphatic carbocycles. The number of hydrogen-bond acceptors (Lipinski definition) is 4. The second-order valence-electron chi connectivity index (χ2n) is 14.6. The van der Waals surface area contributed by atoms with Crippen molar-refractivity contribution in [1.29, 1.82) is 0 Å². The van der Waals surface area contributed by atoms with Crippen LogP contribution in [0, 0.1) is 34.5 Å². The lowest BCUT2D eigenvalue weighted by atomic mass is 9.43. The number of rotatable bonds is 4. The summed E-state index contributed by atoms with van der Waals surface area (Å²) in [4.78, 5) is 11.5. The molecule has 196 valence electrons. The molecule has 5 heteroatoms. The summed E-state index contributed by atoms with van der Waals surface area (Å²) in [6.07, 6.45) is 10.0. The molecule has 0 heterocycles. The molecular formula is C29H52O4Si. The monoisotopic (exact) mass is 492 g/mol. The van der Waals surface area contributed by atoms with Gasteiger partial charge in [-0.1, -0.05) is 34.6 Å². The van der Waals surface area contributed by atoms with Gasteiger partial charge in [-0.2, -0.15) is 0 Å². The maximum Gasteiger partial charge on any atom is 0.302 e. The molecule has 4 aliphatic rings. The van der Waals surface area contributed by atoms with Gasteiger partial charge in [0.2, 0.25) is 0 Å². The van der Waals surface area contributed by atoms with Crippen LogP contribution in [0.3, 0.4) is 0 Å².